The van der Waals surface area contributed by atoms with Crippen LogP contribution in [0.4, 0.5) is 4.39 Å². The van der Waals surface area contributed by atoms with Gasteiger partial charge in [-0.3, -0.25) is 4.79 Å². The highest BCUT2D eigenvalue weighted by Crippen LogP contribution is 2.22. The Labute approximate surface area is 105 Å². The molecule has 0 aromatic heterocycles. The van der Waals surface area contributed by atoms with Crippen molar-refractivity contribution in [1.29, 1.82) is 0 Å². The number of halogens is 1. The van der Waals surface area contributed by atoms with Crippen LogP contribution in [0.1, 0.15) is 12.0 Å². The number of amides is 1. The summed E-state index contributed by atoms with van der Waals surface area (Å²) in [6.45, 7) is 0. The van der Waals surface area contributed by atoms with Crippen LogP contribution in [-0.4, -0.2) is 5.91 Å². The molecule has 2 N–H and O–H groups in total. The molecule has 1 amide bonds. The van der Waals surface area contributed by atoms with Crippen molar-refractivity contribution in [2.45, 2.75) is 12.8 Å². The fraction of sp³-hybridized carbons (Fsp3) is 0.133. The molecule has 0 aliphatic rings. The zero-order valence-electron chi connectivity index (χ0n) is 9.90. The summed E-state index contributed by atoms with van der Waals surface area (Å²) in [5.41, 5.74) is 7.53. The van der Waals surface area contributed by atoms with Crippen LogP contribution >= 0.6 is 0 Å². The van der Waals surface area contributed by atoms with E-state index < -0.39 is 0 Å². The molecule has 0 saturated heterocycles. The second kappa shape index (κ2) is 5.45. The second-order valence-electron chi connectivity index (χ2n) is 4.14. The lowest BCUT2D eigenvalue weighted by atomic mass is 10.0. The van der Waals surface area contributed by atoms with E-state index in [0.29, 0.717) is 18.4 Å². The maximum absolute atomic E-state index is 13.6. The fourth-order valence-corrected chi connectivity index (χ4v) is 1.81. The molecule has 18 heavy (non-hydrogen) atoms. The van der Waals surface area contributed by atoms with E-state index in [4.69, 9.17) is 5.73 Å². The number of hydrogen-bond acceptors (Lipinski definition) is 1. The summed E-state index contributed by atoms with van der Waals surface area (Å²) < 4.78 is 13.6. The van der Waals surface area contributed by atoms with Crippen molar-refractivity contribution in [3.05, 3.63) is 59.9 Å². The van der Waals surface area contributed by atoms with E-state index in [0.717, 1.165) is 11.1 Å². The number of nitrogens with two attached hydrogens (primary N) is 1. The number of hydrogen-bond donors (Lipinski definition) is 1. The number of rotatable bonds is 4. The van der Waals surface area contributed by atoms with Gasteiger partial charge in [0.15, 0.2) is 0 Å². The van der Waals surface area contributed by atoms with Crippen molar-refractivity contribution >= 4 is 5.91 Å². The molecule has 2 aromatic rings. The van der Waals surface area contributed by atoms with Crippen LogP contribution in [0.3, 0.4) is 0 Å². The molecule has 2 nitrogen and oxygen atoms in total. The average molecular weight is 243 g/mol. The maximum Gasteiger partial charge on any atom is 0.217 e. The van der Waals surface area contributed by atoms with Crippen molar-refractivity contribution in [3.8, 4) is 11.1 Å². The zero-order chi connectivity index (χ0) is 13.0. The zero-order valence-corrected chi connectivity index (χ0v) is 9.90. The van der Waals surface area contributed by atoms with Crippen molar-refractivity contribution in [3.63, 3.8) is 0 Å². The minimum absolute atomic E-state index is 0.234. The molecule has 0 radical (unpaired) electrons. The van der Waals surface area contributed by atoms with Gasteiger partial charge in [0.1, 0.15) is 5.82 Å². The molecule has 0 saturated carbocycles. The van der Waals surface area contributed by atoms with Crippen molar-refractivity contribution < 1.29 is 9.18 Å². The summed E-state index contributed by atoms with van der Waals surface area (Å²) in [4.78, 5) is 10.7. The average Bonchev–Trinajstić information content (AvgIpc) is 2.38. The van der Waals surface area contributed by atoms with Gasteiger partial charge >= 0.3 is 0 Å². The molecule has 0 aliphatic heterocycles. The summed E-state index contributed by atoms with van der Waals surface area (Å²) >= 11 is 0. The third-order valence-corrected chi connectivity index (χ3v) is 2.80. The highest BCUT2D eigenvalue weighted by Gasteiger charge is 2.04. The summed E-state index contributed by atoms with van der Waals surface area (Å²) in [5.74, 6) is -0.546. The second-order valence-corrected chi connectivity index (χ2v) is 4.14. The predicted octanol–water partition coefficient (Wildman–Crippen LogP) is 2.91. The predicted molar refractivity (Wildman–Crippen MR) is 69.4 cm³/mol. The van der Waals surface area contributed by atoms with Gasteiger partial charge in [-0.15, -0.1) is 0 Å². The topological polar surface area (TPSA) is 43.1 Å². The van der Waals surface area contributed by atoms with Crippen molar-refractivity contribution in [1.82, 2.24) is 0 Å². The van der Waals surface area contributed by atoms with Gasteiger partial charge in [0.05, 0.1) is 0 Å². The SMILES string of the molecule is NC(=O)CCc1ccc(-c2ccccc2F)cc1. The smallest absolute Gasteiger partial charge is 0.217 e. The van der Waals surface area contributed by atoms with Crippen molar-refractivity contribution in [2.24, 2.45) is 5.73 Å². The Morgan fingerprint density at radius 2 is 1.72 bits per heavy atom. The number of carbonyl (C=O) groups excluding carboxylic acids is 1. The molecular formula is C15H14FNO. The Morgan fingerprint density at radius 1 is 1.06 bits per heavy atom. The maximum atomic E-state index is 13.6. The molecule has 0 unspecified atom stereocenters. The molecule has 0 aliphatic carbocycles. The number of benzene rings is 2. The van der Waals surface area contributed by atoms with Gasteiger partial charge in [-0.05, 0) is 23.6 Å². The first kappa shape index (κ1) is 12.3. The highest BCUT2D eigenvalue weighted by molar-refractivity contribution is 5.74. The van der Waals surface area contributed by atoms with E-state index in [1.807, 2.05) is 24.3 Å². The summed E-state index contributed by atoms with van der Waals surface area (Å²) in [5, 5.41) is 0. The van der Waals surface area contributed by atoms with Crippen LogP contribution in [0.5, 0.6) is 0 Å². The highest BCUT2D eigenvalue weighted by atomic mass is 19.1. The quantitative estimate of drug-likeness (QED) is 0.881. The Hall–Kier alpha value is -2.16. The van der Waals surface area contributed by atoms with Gasteiger partial charge in [-0.25, -0.2) is 4.39 Å². The van der Waals surface area contributed by atoms with Gasteiger partial charge in [0, 0.05) is 12.0 Å². The first-order chi connectivity index (χ1) is 8.66. The third-order valence-electron chi connectivity index (χ3n) is 2.80. The molecule has 92 valence electrons. The van der Waals surface area contributed by atoms with E-state index >= 15 is 0 Å². The molecule has 0 spiro atoms. The van der Waals surface area contributed by atoms with Gasteiger partial charge in [-0.1, -0.05) is 42.5 Å². The van der Waals surface area contributed by atoms with Gasteiger partial charge in [0.25, 0.3) is 0 Å². The molecule has 0 fully saturated rings. The lowest BCUT2D eigenvalue weighted by Gasteiger charge is -2.05. The van der Waals surface area contributed by atoms with Crippen LogP contribution in [0.25, 0.3) is 11.1 Å². The van der Waals surface area contributed by atoms with Crippen LogP contribution < -0.4 is 5.73 Å². The first-order valence-corrected chi connectivity index (χ1v) is 5.79. The molecule has 2 aromatic carbocycles. The first-order valence-electron chi connectivity index (χ1n) is 5.79. The van der Waals surface area contributed by atoms with Crippen LogP contribution in [0.15, 0.2) is 48.5 Å². The fourth-order valence-electron chi connectivity index (χ4n) is 1.81. The molecule has 3 heteroatoms. The summed E-state index contributed by atoms with van der Waals surface area (Å²) in [6.07, 6.45) is 0.950. The van der Waals surface area contributed by atoms with E-state index in [-0.39, 0.29) is 11.7 Å². The Kier molecular flexibility index (Phi) is 3.72. The van der Waals surface area contributed by atoms with Gasteiger partial charge < -0.3 is 5.73 Å². The van der Waals surface area contributed by atoms with Crippen molar-refractivity contribution in [2.75, 3.05) is 0 Å². The lowest BCUT2D eigenvalue weighted by molar-refractivity contribution is -0.117. The Balaban J connectivity index is 2.17. The molecule has 0 bridgehead atoms. The summed E-state index contributed by atoms with van der Waals surface area (Å²) in [7, 11) is 0. The van der Waals surface area contributed by atoms with Gasteiger partial charge in [0.2, 0.25) is 5.91 Å². The monoisotopic (exact) mass is 243 g/mol. The van der Waals surface area contributed by atoms with E-state index in [2.05, 4.69) is 0 Å². The minimum atomic E-state index is -0.312. The normalized spacial score (nSPS) is 10.3. The van der Waals surface area contributed by atoms with Crippen LogP contribution in [0.2, 0.25) is 0 Å². The Morgan fingerprint density at radius 3 is 2.33 bits per heavy atom. The third kappa shape index (κ3) is 2.94. The van der Waals surface area contributed by atoms with Crippen LogP contribution in [-0.2, 0) is 11.2 Å². The molecule has 0 atom stereocenters. The minimum Gasteiger partial charge on any atom is -0.370 e. The standard InChI is InChI=1S/C15H14FNO/c16-14-4-2-1-3-13(14)12-8-5-11(6-9-12)7-10-15(17)18/h1-6,8-9H,7,10H2,(H2,17,18). The molecular weight excluding hydrogens is 229 g/mol. The number of aryl methyl sites for hydroxylation is 1. The summed E-state index contributed by atoms with van der Waals surface area (Å²) in [6, 6.07) is 14.2. The molecule has 2 rings (SSSR count). The van der Waals surface area contributed by atoms with Crippen LogP contribution in [0, 0.1) is 5.82 Å². The van der Waals surface area contributed by atoms with E-state index in [1.54, 1.807) is 18.2 Å². The Bertz CT molecular complexity index is 549. The van der Waals surface area contributed by atoms with Gasteiger partial charge in [-0.2, -0.15) is 0 Å². The lowest BCUT2D eigenvalue weighted by Crippen LogP contribution is -2.11. The molecule has 0 heterocycles. The van der Waals surface area contributed by atoms with E-state index in [9.17, 15) is 9.18 Å². The number of carbonyl (C=O) groups is 1. The van der Waals surface area contributed by atoms with E-state index in [1.165, 1.54) is 6.07 Å². The number of primary amides is 1. The largest absolute Gasteiger partial charge is 0.370 e.